The van der Waals surface area contributed by atoms with E-state index in [9.17, 15) is 4.79 Å². The van der Waals surface area contributed by atoms with Crippen LogP contribution >= 0.6 is 15.9 Å². The second-order valence-electron chi connectivity index (χ2n) is 3.90. The Kier molecular flexibility index (Phi) is 4.27. The number of nitrogens with one attached hydrogen (secondary N) is 1. The third kappa shape index (κ3) is 3.63. The van der Waals surface area contributed by atoms with E-state index in [1.165, 1.54) is 0 Å². The summed E-state index contributed by atoms with van der Waals surface area (Å²) in [6, 6.07) is 1.92. The number of aromatic nitrogens is 1. The van der Waals surface area contributed by atoms with Gasteiger partial charge in [-0.2, -0.15) is 0 Å². The third-order valence-corrected chi connectivity index (χ3v) is 2.76. The van der Waals surface area contributed by atoms with Crippen molar-refractivity contribution in [3.63, 3.8) is 0 Å². The lowest BCUT2D eigenvalue weighted by Crippen LogP contribution is -2.36. The molecule has 1 amide bonds. The standard InChI is InChI=1S/C11H15BrN2O/c1-7(2)8(3)14-11(15)9-4-10(12)6-13-5-9/h4-8H,1-3H3,(H,14,15)/t8-/m0/s1. The number of amides is 1. The second kappa shape index (κ2) is 5.26. The number of nitrogens with zero attached hydrogens (tertiary/aromatic N) is 1. The van der Waals surface area contributed by atoms with Crippen LogP contribution in [-0.2, 0) is 0 Å². The van der Waals surface area contributed by atoms with Crippen molar-refractivity contribution in [3.05, 3.63) is 28.5 Å². The molecule has 0 radical (unpaired) electrons. The molecule has 1 aromatic heterocycles. The average molecular weight is 271 g/mol. The van der Waals surface area contributed by atoms with E-state index >= 15 is 0 Å². The van der Waals surface area contributed by atoms with Gasteiger partial charge >= 0.3 is 0 Å². The summed E-state index contributed by atoms with van der Waals surface area (Å²) < 4.78 is 0.812. The lowest BCUT2D eigenvalue weighted by Gasteiger charge is -2.17. The van der Waals surface area contributed by atoms with Crippen molar-refractivity contribution in [1.29, 1.82) is 0 Å². The summed E-state index contributed by atoms with van der Waals surface area (Å²) >= 11 is 3.28. The molecule has 0 aromatic carbocycles. The van der Waals surface area contributed by atoms with Crippen LogP contribution in [0.3, 0.4) is 0 Å². The minimum atomic E-state index is -0.0787. The Hall–Kier alpha value is -0.900. The van der Waals surface area contributed by atoms with Gasteiger partial charge in [-0.3, -0.25) is 9.78 Å². The predicted molar refractivity (Wildman–Crippen MR) is 63.7 cm³/mol. The largest absolute Gasteiger partial charge is 0.349 e. The molecule has 0 bridgehead atoms. The fraction of sp³-hybridized carbons (Fsp3) is 0.455. The first-order chi connectivity index (χ1) is 7.00. The lowest BCUT2D eigenvalue weighted by atomic mass is 10.1. The van der Waals surface area contributed by atoms with Crippen molar-refractivity contribution in [3.8, 4) is 0 Å². The van der Waals surface area contributed by atoms with Gasteiger partial charge in [0, 0.05) is 22.9 Å². The number of rotatable bonds is 3. The van der Waals surface area contributed by atoms with E-state index in [4.69, 9.17) is 0 Å². The number of carbonyl (C=O) groups excluding carboxylic acids is 1. The molecule has 0 aliphatic rings. The molecule has 4 heteroatoms. The summed E-state index contributed by atoms with van der Waals surface area (Å²) in [7, 11) is 0. The highest BCUT2D eigenvalue weighted by molar-refractivity contribution is 9.10. The van der Waals surface area contributed by atoms with Gasteiger partial charge in [0.25, 0.3) is 5.91 Å². The fourth-order valence-electron chi connectivity index (χ4n) is 0.993. The number of hydrogen-bond donors (Lipinski definition) is 1. The zero-order valence-electron chi connectivity index (χ0n) is 9.12. The molecule has 1 aromatic rings. The summed E-state index contributed by atoms with van der Waals surface area (Å²) in [4.78, 5) is 15.7. The highest BCUT2D eigenvalue weighted by Crippen LogP contribution is 2.10. The SMILES string of the molecule is CC(C)[C@H](C)NC(=O)c1cncc(Br)c1. The molecule has 1 heterocycles. The monoisotopic (exact) mass is 270 g/mol. The van der Waals surface area contributed by atoms with Crippen LogP contribution in [0.1, 0.15) is 31.1 Å². The maximum absolute atomic E-state index is 11.7. The topological polar surface area (TPSA) is 42.0 Å². The lowest BCUT2D eigenvalue weighted by molar-refractivity contribution is 0.0930. The predicted octanol–water partition coefficient (Wildman–Crippen LogP) is 2.62. The van der Waals surface area contributed by atoms with Crippen LogP contribution in [0.5, 0.6) is 0 Å². The molecule has 1 rings (SSSR count). The Morgan fingerprint density at radius 1 is 1.40 bits per heavy atom. The third-order valence-electron chi connectivity index (χ3n) is 2.33. The van der Waals surface area contributed by atoms with Gasteiger partial charge in [0.15, 0.2) is 0 Å². The van der Waals surface area contributed by atoms with Gasteiger partial charge in [0.05, 0.1) is 5.56 Å². The smallest absolute Gasteiger partial charge is 0.253 e. The minimum Gasteiger partial charge on any atom is -0.349 e. The molecular formula is C11H15BrN2O. The van der Waals surface area contributed by atoms with Crippen LogP contribution in [0.4, 0.5) is 0 Å². The fourth-order valence-corrected chi connectivity index (χ4v) is 1.36. The number of hydrogen-bond acceptors (Lipinski definition) is 2. The van der Waals surface area contributed by atoms with E-state index in [-0.39, 0.29) is 11.9 Å². The molecule has 0 aliphatic carbocycles. The van der Waals surface area contributed by atoms with Gasteiger partial charge in [0.2, 0.25) is 0 Å². The Morgan fingerprint density at radius 3 is 2.60 bits per heavy atom. The van der Waals surface area contributed by atoms with Crippen molar-refractivity contribution in [2.24, 2.45) is 5.92 Å². The summed E-state index contributed by atoms with van der Waals surface area (Å²) in [6.07, 6.45) is 3.22. The van der Waals surface area contributed by atoms with E-state index < -0.39 is 0 Å². The second-order valence-corrected chi connectivity index (χ2v) is 4.81. The van der Waals surface area contributed by atoms with Gasteiger partial charge < -0.3 is 5.32 Å². The number of halogens is 1. The Balaban J connectivity index is 2.69. The molecule has 15 heavy (non-hydrogen) atoms. The highest BCUT2D eigenvalue weighted by Gasteiger charge is 2.12. The van der Waals surface area contributed by atoms with Gasteiger partial charge in [-0.1, -0.05) is 13.8 Å². The molecular weight excluding hydrogens is 256 g/mol. The molecule has 0 spiro atoms. The molecule has 0 saturated heterocycles. The summed E-state index contributed by atoms with van der Waals surface area (Å²) in [5, 5.41) is 2.92. The number of pyridine rings is 1. The summed E-state index contributed by atoms with van der Waals surface area (Å²) in [5.74, 6) is 0.346. The molecule has 0 saturated carbocycles. The van der Waals surface area contributed by atoms with Crippen molar-refractivity contribution in [2.45, 2.75) is 26.8 Å². The molecule has 0 unspecified atom stereocenters. The van der Waals surface area contributed by atoms with Crippen molar-refractivity contribution >= 4 is 21.8 Å². The average Bonchev–Trinajstić information content (AvgIpc) is 2.17. The molecule has 1 atom stereocenters. The number of carbonyl (C=O) groups is 1. The zero-order valence-corrected chi connectivity index (χ0v) is 10.7. The van der Waals surface area contributed by atoms with E-state index in [2.05, 4.69) is 40.1 Å². The maximum Gasteiger partial charge on any atom is 0.253 e. The maximum atomic E-state index is 11.7. The van der Waals surface area contributed by atoms with Crippen LogP contribution in [0, 0.1) is 5.92 Å². The van der Waals surface area contributed by atoms with Crippen LogP contribution in [0.2, 0.25) is 0 Å². The Bertz CT molecular complexity index is 352. The van der Waals surface area contributed by atoms with E-state index in [0.29, 0.717) is 11.5 Å². The van der Waals surface area contributed by atoms with Gasteiger partial charge in [0.1, 0.15) is 0 Å². The van der Waals surface area contributed by atoms with Crippen molar-refractivity contribution in [1.82, 2.24) is 10.3 Å². The molecule has 82 valence electrons. The van der Waals surface area contributed by atoms with Crippen LogP contribution in [-0.4, -0.2) is 16.9 Å². The molecule has 0 fully saturated rings. The molecule has 1 N–H and O–H groups in total. The summed E-state index contributed by atoms with van der Waals surface area (Å²) in [5.41, 5.74) is 0.580. The van der Waals surface area contributed by atoms with Crippen molar-refractivity contribution in [2.75, 3.05) is 0 Å². The normalized spacial score (nSPS) is 12.6. The zero-order chi connectivity index (χ0) is 11.4. The van der Waals surface area contributed by atoms with Gasteiger partial charge in [-0.15, -0.1) is 0 Å². The van der Waals surface area contributed by atoms with Crippen LogP contribution in [0.15, 0.2) is 22.9 Å². The van der Waals surface area contributed by atoms with E-state index in [1.807, 2.05) is 6.92 Å². The minimum absolute atomic E-state index is 0.0787. The van der Waals surface area contributed by atoms with E-state index in [0.717, 1.165) is 4.47 Å². The van der Waals surface area contributed by atoms with Crippen molar-refractivity contribution < 1.29 is 4.79 Å². The highest BCUT2D eigenvalue weighted by atomic mass is 79.9. The Labute approximate surface area is 98.4 Å². The van der Waals surface area contributed by atoms with Crippen LogP contribution < -0.4 is 5.32 Å². The summed E-state index contributed by atoms with van der Waals surface area (Å²) in [6.45, 7) is 6.14. The first kappa shape index (κ1) is 12.2. The molecule has 3 nitrogen and oxygen atoms in total. The van der Waals surface area contributed by atoms with Gasteiger partial charge in [-0.25, -0.2) is 0 Å². The van der Waals surface area contributed by atoms with Gasteiger partial charge in [-0.05, 0) is 34.8 Å². The first-order valence-electron chi connectivity index (χ1n) is 4.92. The molecule has 0 aliphatic heterocycles. The van der Waals surface area contributed by atoms with E-state index in [1.54, 1.807) is 18.5 Å². The van der Waals surface area contributed by atoms with Crippen LogP contribution in [0.25, 0.3) is 0 Å². The Morgan fingerprint density at radius 2 is 2.07 bits per heavy atom. The quantitative estimate of drug-likeness (QED) is 0.918. The first-order valence-corrected chi connectivity index (χ1v) is 5.71.